The van der Waals surface area contributed by atoms with E-state index in [0.29, 0.717) is 42.5 Å². The Morgan fingerprint density at radius 3 is 2.63 bits per heavy atom. The van der Waals surface area contributed by atoms with Gasteiger partial charge in [0.05, 0.1) is 16.6 Å². The lowest BCUT2D eigenvalue weighted by atomic mass is 10.2. The quantitative estimate of drug-likeness (QED) is 0.865. The monoisotopic (exact) mass is 304 g/mol. The first-order chi connectivity index (χ1) is 8.93. The number of rotatable bonds is 3. The maximum atomic E-state index is 12.5. The summed E-state index contributed by atoms with van der Waals surface area (Å²) in [6, 6.07) is 4.80. The van der Waals surface area contributed by atoms with Crippen LogP contribution in [0.1, 0.15) is 12.8 Å². The van der Waals surface area contributed by atoms with Crippen LogP contribution >= 0.6 is 11.6 Å². The van der Waals surface area contributed by atoms with Crippen LogP contribution in [0.15, 0.2) is 18.2 Å². The van der Waals surface area contributed by atoms with E-state index in [1.165, 1.54) is 11.4 Å². The van der Waals surface area contributed by atoms with Crippen molar-refractivity contribution in [3.63, 3.8) is 0 Å². The molecule has 0 radical (unpaired) electrons. The summed E-state index contributed by atoms with van der Waals surface area (Å²) in [6.07, 6.45) is 1.01. The molecule has 0 saturated carbocycles. The molecule has 0 aliphatic carbocycles. The second-order valence-electron chi connectivity index (χ2n) is 4.53. The Balaban J connectivity index is 2.31. The van der Waals surface area contributed by atoms with Gasteiger partial charge >= 0.3 is 0 Å². The normalized spacial score (nSPS) is 17.4. The van der Waals surface area contributed by atoms with Gasteiger partial charge in [0.2, 0.25) is 10.0 Å². The maximum Gasteiger partial charge on any atom is 0.238 e. The van der Waals surface area contributed by atoms with Gasteiger partial charge in [-0.1, -0.05) is 11.6 Å². The van der Waals surface area contributed by atoms with Crippen LogP contribution in [0.3, 0.4) is 0 Å². The maximum absolute atomic E-state index is 12.5. The van der Waals surface area contributed by atoms with Gasteiger partial charge in [0.25, 0.3) is 0 Å². The van der Waals surface area contributed by atoms with Crippen molar-refractivity contribution in [1.29, 1.82) is 0 Å². The van der Waals surface area contributed by atoms with Crippen LogP contribution in [-0.4, -0.2) is 33.9 Å². The first-order valence-corrected chi connectivity index (χ1v) is 7.91. The SMILES string of the molecule is CN(c1cc(Cl)ccc1N)S(=O)(=O)C1CCOCC1. The highest BCUT2D eigenvalue weighted by atomic mass is 35.5. The van der Waals surface area contributed by atoms with Crippen LogP contribution < -0.4 is 10.0 Å². The van der Waals surface area contributed by atoms with Gasteiger partial charge in [-0.05, 0) is 31.0 Å². The number of anilines is 2. The Kier molecular flexibility index (Phi) is 4.23. The van der Waals surface area contributed by atoms with E-state index in [4.69, 9.17) is 22.1 Å². The number of halogens is 1. The van der Waals surface area contributed by atoms with Gasteiger partial charge in [0, 0.05) is 25.3 Å². The molecule has 7 heteroatoms. The first-order valence-electron chi connectivity index (χ1n) is 6.03. The number of hydrogen-bond donors (Lipinski definition) is 1. The lowest BCUT2D eigenvalue weighted by Gasteiger charge is -2.29. The predicted octanol–water partition coefficient (Wildman–Crippen LogP) is 1.87. The first kappa shape index (κ1) is 14.4. The van der Waals surface area contributed by atoms with E-state index in [-0.39, 0.29) is 0 Å². The molecule has 1 aliphatic rings. The zero-order valence-corrected chi connectivity index (χ0v) is 12.2. The lowest BCUT2D eigenvalue weighted by Crippen LogP contribution is -2.39. The molecule has 0 unspecified atom stereocenters. The molecule has 0 bridgehead atoms. The van der Waals surface area contributed by atoms with Gasteiger partial charge in [-0.2, -0.15) is 0 Å². The molecular formula is C12H17ClN2O3S. The zero-order chi connectivity index (χ0) is 14.0. The summed E-state index contributed by atoms with van der Waals surface area (Å²) < 4.78 is 31.5. The summed E-state index contributed by atoms with van der Waals surface area (Å²) in [5, 5.41) is 0.0304. The molecule has 106 valence electrons. The van der Waals surface area contributed by atoms with E-state index in [1.807, 2.05) is 0 Å². The molecule has 0 atom stereocenters. The van der Waals surface area contributed by atoms with E-state index >= 15 is 0 Å². The predicted molar refractivity (Wildman–Crippen MR) is 77.0 cm³/mol. The average molecular weight is 305 g/mol. The third-order valence-electron chi connectivity index (χ3n) is 3.30. The molecule has 2 N–H and O–H groups in total. The van der Waals surface area contributed by atoms with E-state index < -0.39 is 15.3 Å². The number of ether oxygens (including phenoxy) is 1. The minimum atomic E-state index is -3.44. The van der Waals surface area contributed by atoms with Crippen molar-refractivity contribution < 1.29 is 13.2 Å². The number of nitrogens with two attached hydrogens (primary N) is 1. The summed E-state index contributed by atoms with van der Waals surface area (Å²) in [6.45, 7) is 0.950. The van der Waals surface area contributed by atoms with Crippen LogP contribution in [0.5, 0.6) is 0 Å². The summed E-state index contributed by atoms with van der Waals surface area (Å²) in [5.41, 5.74) is 6.63. The molecule has 5 nitrogen and oxygen atoms in total. The van der Waals surface area contributed by atoms with Gasteiger partial charge < -0.3 is 10.5 Å². The van der Waals surface area contributed by atoms with Gasteiger partial charge in [0.1, 0.15) is 0 Å². The van der Waals surface area contributed by atoms with E-state index in [1.54, 1.807) is 18.2 Å². The van der Waals surface area contributed by atoms with Crippen LogP contribution in [-0.2, 0) is 14.8 Å². The molecule has 1 heterocycles. The lowest BCUT2D eigenvalue weighted by molar-refractivity contribution is 0.0983. The largest absolute Gasteiger partial charge is 0.397 e. The highest BCUT2D eigenvalue weighted by Gasteiger charge is 2.32. The van der Waals surface area contributed by atoms with Crippen molar-refractivity contribution >= 4 is 33.0 Å². The van der Waals surface area contributed by atoms with Crippen molar-refractivity contribution in [2.75, 3.05) is 30.3 Å². The van der Waals surface area contributed by atoms with E-state index in [0.717, 1.165) is 0 Å². The van der Waals surface area contributed by atoms with E-state index in [2.05, 4.69) is 0 Å². The molecule has 0 amide bonds. The zero-order valence-electron chi connectivity index (χ0n) is 10.7. The summed E-state index contributed by atoms with van der Waals surface area (Å²) >= 11 is 5.90. The Labute approximate surface area is 118 Å². The third-order valence-corrected chi connectivity index (χ3v) is 5.81. The molecule has 1 fully saturated rings. The Hall–Kier alpha value is -0.980. The molecule has 2 rings (SSSR count). The highest BCUT2D eigenvalue weighted by Crippen LogP contribution is 2.30. The second kappa shape index (κ2) is 5.56. The van der Waals surface area contributed by atoms with Crippen molar-refractivity contribution in [3.05, 3.63) is 23.2 Å². The molecule has 0 spiro atoms. The summed E-state index contributed by atoms with van der Waals surface area (Å²) in [7, 11) is -1.93. The van der Waals surface area contributed by atoms with E-state index in [9.17, 15) is 8.42 Å². The van der Waals surface area contributed by atoms with Crippen LogP contribution in [0.4, 0.5) is 11.4 Å². The summed E-state index contributed by atoms with van der Waals surface area (Å²) in [4.78, 5) is 0. The fraction of sp³-hybridized carbons (Fsp3) is 0.500. The smallest absolute Gasteiger partial charge is 0.238 e. The number of nitrogen functional groups attached to an aromatic ring is 1. The Bertz CT molecular complexity index is 556. The topological polar surface area (TPSA) is 72.6 Å². The minimum Gasteiger partial charge on any atom is -0.397 e. The fourth-order valence-corrected chi connectivity index (χ4v) is 3.96. The van der Waals surface area contributed by atoms with Crippen LogP contribution in [0, 0.1) is 0 Å². The van der Waals surface area contributed by atoms with Gasteiger partial charge in [-0.25, -0.2) is 8.42 Å². The number of hydrogen-bond acceptors (Lipinski definition) is 4. The number of sulfonamides is 1. The van der Waals surface area contributed by atoms with Gasteiger partial charge in [-0.15, -0.1) is 0 Å². The molecular weight excluding hydrogens is 288 g/mol. The van der Waals surface area contributed by atoms with Crippen molar-refractivity contribution in [2.45, 2.75) is 18.1 Å². The summed E-state index contributed by atoms with van der Waals surface area (Å²) in [5.74, 6) is 0. The van der Waals surface area contributed by atoms with Crippen molar-refractivity contribution in [2.24, 2.45) is 0 Å². The van der Waals surface area contributed by atoms with Crippen molar-refractivity contribution in [3.8, 4) is 0 Å². The molecule has 0 aromatic heterocycles. The average Bonchev–Trinajstić information content (AvgIpc) is 2.41. The molecule has 1 saturated heterocycles. The number of nitrogens with zero attached hydrogens (tertiary/aromatic N) is 1. The Morgan fingerprint density at radius 1 is 1.37 bits per heavy atom. The van der Waals surface area contributed by atoms with Crippen LogP contribution in [0.2, 0.25) is 5.02 Å². The fourth-order valence-electron chi connectivity index (χ4n) is 2.12. The van der Waals surface area contributed by atoms with Crippen LogP contribution in [0.25, 0.3) is 0 Å². The second-order valence-corrected chi connectivity index (χ2v) is 7.21. The number of benzene rings is 1. The Morgan fingerprint density at radius 2 is 2.00 bits per heavy atom. The standard InChI is InChI=1S/C12H17ClN2O3S/c1-15(12-8-9(13)2-3-11(12)14)19(16,17)10-4-6-18-7-5-10/h2-3,8,10H,4-7,14H2,1H3. The molecule has 1 aromatic rings. The molecule has 1 aliphatic heterocycles. The minimum absolute atomic E-state index is 0.391. The van der Waals surface area contributed by atoms with Gasteiger partial charge in [-0.3, -0.25) is 4.31 Å². The third kappa shape index (κ3) is 2.96. The van der Waals surface area contributed by atoms with Crippen molar-refractivity contribution in [1.82, 2.24) is 0 Å². The highest BCUT2D eigenvalue weighted by molar-refractivity contribution is 7.93. The molecule has 1 aromatic carbocycles. The van der Waals surface area contributed by atoms with Gasteiger partial charge in [0.15, 0.2) is 0 Å². The molecule has 19 heavy (non-hydrogen) atoms.